The molecule has 1 aromatic carbocycles. The number of benzene rings is 1. The third-order valence-electron chi connectivity index (χ3n) is 3.97. The van der Waals surface area contributed by atoms with Crippen LogP contribution in [0.15, 0.2) is 36.5 Å². The number of amides is 1. The number of hydrogen-bond acceptors (Lipinski definition) is 3. The van der Waals surface area contributed by atoms with Gasteiger partial charge in [-0.2, -0.15) is 13.2 Å². The molecular weight excluding hydrogens is 333 g/mol. The third kappa shape index (κ3) is 4.10. The monoisotopic (exact) mass is 350 g/mol. The van der Waals surface area contributed by atoms with Crippen LogP contribution in [0.3, 0.4) is 0 Å². The van der Waals surface area contributed by atoms with Crippen LogP contribution in [-0.2, 0) is 6.42 Å². The first-order valence-corrected chi connectivity index (χ1v) is 7.90. The first-order valence-electron chi connectivity index (χ1n) is 7.90. The molecule has 0 unspecified atom stereocenters. The number of anilines is 1. The maximum absolute atomic E-state index is 12.7. The van der Waals surface area contributed by atoms with Gasteiger partial charge in [-0.05, 0) is 37.5 Å². The molecule has 3 rings (SSSR count). The summed E-state index contributed by atoms with van der Waals surface area (Å²) in [6.07, 6.45) is -1.39. The van der Waals surface area contributed by atoms with Crippen LogP contribution in [0.5, 0.6) is 5.88 Å². The van der Waals surface area contributed by atoms with Crippen LogP contribution in [0.1, 0.15) is 27.9 Å². The van der Waals surface area contributed by atoms with Gasteiger partial charge in [-0.15, -0.1) is 0 Å². The fourth-order valence-electron chi connectivity index (χ4n) is 2.84. The second kappa shape index (κ2) is 6.74. The highest BCUT2D eigenvalue weighted by atomic mass is 19.4. The van der Waals surface area contributed by atoms with Gasteiger partial charge in [0.25, 0.3) is 5.91 Å². The first-order chi connectivity index (χ1) is 11.8. The second-order valence-corrected chi connectivity index (χ2v) is 5.98. The Morgan fingerprint density at radius 2 is 2.08 bits per heavy atom. The molecule has 0 atom stereocenters. The lowest BCUT2D eigenvalue weighted by molar-refractivity contribution is -0.154. The normalized spacial score (nSPS) is 14.2. The van der Waals surface area contributed by atoms with E-state index in [1.165, 1.54) is 18.3 Å². The quantitative estimate of drug-likeness (QED) is 0.842. The molecule has 1 aliphatic heterocycles. The maximum Gasteiger partial charge on any atom is 0.422 e. The maximum atomic E-state index is 12.7. The summed E-state index contributed by atoms with van der Waals surface area (Å²) < 4.78 is 41.0. The van der Waals surface area contributed by atoms with Crippen LogP contribution in [0.4, 0.5) is 18.9 Å². The number of ether oxygens (including phenoxy) is 1. The fraction of sp³-hybridized carbons (Fsp3) is 0.333. The molecule has 1 amide bonds. The van der Waals surface area contributed by atoms with E-state index in [9.17, 15) is 18.0 Å². The van der Waals surface area contributed by atoms with Gasteiger partial charge in [-0.25, -0.2) is 4.98 Å². The van der Waals surface area contributed by atoms with Crippen molar-refractivity contribution in [2.45, 2.75) is 25.9 Å². The summed E-state index contributed by atoms with van der Waals surface area (Å²) >= 11 is 0. The number of pyridine rings is 1. The van der Waals surface area contributed by atoms with E-state index < -0.39 is 12.8 Å². The number of nitrogens with zero attached hydrogens (tertiary/aromatic N) is 2. The lowest BCUT2D eigenvalue weighted by Crippen LogP contribution is -2.35. The van der Waals surface area contributed by atoms with Gasteiger partial charge in [-0.1, -0.05) is 17.7 Å². The van der Waals surface area contributed by atoms with E-state index in [0.29, 0.717) is 12.1 Å². The first kappa shape index (κ1) is 17.3. The van der Waals surface area contributed by atoms with Crippen LogP contribution in [0.2, 0.25) is 0 Å². The molecule has 0 bridgehead atoms. The topological polar surface area (TPSA) is 42.4 Å². The number of rotatable bonds is 3. The van der Waals surface area contributed by atoms with Gasteiger partial charge in [0.2, 0.25) is 5.88 Å². The summed E-state index contributed by atoms with van der Waals surface area (Å²) in [5.41, 5.74) is 3.45. The Labute approximate surface area is 143 Å². The van der Waals surface area contributed by atoms with Crippen LogP contribution >= 0.6 is 0 Å². The van der Waals surface area contributed by atoms with Crippen LogP contribution in [0.25, 0.3) is 0 Å². The molecular formula is C18H17F3N2O2. The molecule has 0 spiro atoms. The van der Waals surface area contributed by atoms with Crippen molar-refractivity contribution in [1.29, 1.82) is 0 Å². The summed E-state index contributed by atoms with van der Waals surface area (Å²) in [5.74, 6) is -0.386. The van der Waals surface area contributed by atoms with Gasteiger partial charge in [0, 0.05) is 24.5 Å². The molecule has 0 aliphatic carbocycles. The van der Waals surface area contributed by atoms with Crippen molar-refractivity contribution < 1.29 is 22.7 Å². The molecule has 0 N–H and O–H groups in total. The highest BCUT2D eigenvalue weighted by molar-refractivity contribution is 6.06. The Bertz CT molecular complexity index is 773. The minimum absolute atomic E-state index is 0.163. The van der Waals surface area contributed by atoms with Crippen molar-refractivity contribution in [1.82, 2.24) is 4.98 Å². The number of carbonyl (C=O) groups excluding carboxylic acids is 1. The molecule has 2 aromatic rings. The van der Waals surface area contributed by atoms with E-state index in [1.807, 2.05) is 19.1 Å². The molecule has 132 valence electrons. The summed E-state index contributed by atoms with van der Waals surface area (Å²) in [6.45, 7) is 1.19. The number of halogens is 3. The van der Waals surface area contributed by atoms with E-state index in [1.54, 1.807) is 4.90 Å². The molecule has 0 fully saturated rings. The molecule has 4 nitrogen and oxygen atoms in total. The Balaban J connectivity index is 1.76. The number of alkyl halides is 3. The summed E-state index contributed by atoms with van der Waals surface area (Å²) in [4.78, 5) is 18.2. The van der Waals surface area contributed by atoms with Crippen molar-refractivity contribution in [3.05, 3.63) is 53.2 Å². The van der Waals surface area contributed by atoms with Crippen molar-refractivity contribution in [2.24, 2.45) is 0 Å². The molecule has 1 aliphatic rings. The Morgan fingerprint density at radius 1 is 1.28 bits per heavy atom. The van der Waals surface area contributed by atoms with E-state index in [-0.39, 0.29) is 11.8 Å². The molecule has 1 aromatic heterocycles. The Morgan fingerprint density at radius 3 is 2.76 bits per heavy atom. The molecule has 25 heavy (non-hydrogen) atoms. The molecule has 2 heterocycles. The van der Waals surface area contributed by atoms with Gasteiger partial charge < -0.3 is 9.64 Å². The summed E-state index contributed by atoms with van der Waals surface area (Å²) in [6, 6.07) is 8.66. The van der Waals surface area contributed by atoms with E-state index in [4.69, 9.17) is 0 Å². The summed E-state index contributed by atoms with van der Waals surface area (Å²) in [7, 11) is 0. The standard InChI is InChI=1S/C18H17F3N2O2/c1-12-4-6-15-13(9-12)3-2-8-23(15)17(24)14-5-7-16(22-10-14)25-11-18(19,20)21/h4-7,9-10H,2-3,8,11H2,1H3. The summed E-state index contributed by atoms with van der Waals surface area (Å²) in [5, 5.41) is 0. The molecule has 0 radical (unpaired) electrons. The van der Waals surface area contributed by atoms with Crippen LogP contribution in [-0.4, -0.2) is 30.2 Å². The minimum atomic E-state index is -4.42. The molecule has 7 heteroatoms. The number of aryl methyl sites for hydroxylation is 2. The smallest absolute Gasteiger partial charge is 0.422 e. The van der Waals surface area contributed by atoms with Crippen molar-refractivity contribution in [3.8, 4) is 5.88 Å². The van der Waals surface area contributed by atoms with Gasteiger partial charge >= 0.3 is 6.18 Å². The predicted octanol–water partition coefficient (Wildman–Crippen LogP) is 3.92. The predicted molar refractivity (Wildman–Crippen MR) is 87.0 cm³/mol. The van der Waals surface area contributed by atoms with Crippen LogP contribution < -0.4 is 9.64 Å². The van der Waals surface area contributed by atoms with Crippen molar-refractivity contribution in [3.63, 3.8) is 0 Å². The Hall–Kier alpha value is -2.57. The minimum Gasteiger partial charge on any atom is -0.468 e. The lowest BCUT2D eigenvalue weighted by atomic mass is 9.99. The SMILES string of the molecule is Cc1ccc2c(c1)CCCN2C(=O)c1ccc(OCC(F)(F)F)nc1. The fourth-order valence-corrected chi connectivity index (χ4v) is 2.84. The zero-order chi connectivity index (χ0) is 18.0. The largest absolute Gasteiger partial charge is 0.468 e. The van der Waals surface area contributed by atoms with Crippen molar-refractivity contribution >= 4 is 11.6 Å². The van der Waals surface area contributed by atoms with E-state index in [0.717, 1.165) is 29.7 Å². The second-order valence-electron chi connectivity index (χ2n) is 5.98. The molecule has 0 saturated carbocycles. The number of fused-ring (bicyclic) bond motifs is 1. The average Bonchev–Trinajstić information content (AvgIpc) is 2.58. The number of carbonyl (C=O) groups is 1. The van der Waals surface area contributed by atoms with Gasteiger partial charge in [0.05, 0.1) is 5.56 Å². The third-order valence-corrected chi connectivity index (χ3v) is 3.97. The number of aromatic nitrogens is 1. The number of hydrogen-bond donors (Lipinski definition) is 0. The zero-order valence-electron chi connectivity index (χ0n) is 13.6. The zero-order valence-corrected chi connectivity index (χ0v) is 13.6. The van der Waals surface area contributed by atoms with Crippen molar-refractivity contribution in [2.75, 3.05) is 18.1 Å². The average molecular weight is 350 g/mol. The highest BCUT2D eigenvalue weighted by Crippen LogP contribution is 2.29. The van der Waals surface area contributed by atoms with E-state index >= 15 is 0 Å². The Kier molecular flexibility index (Phi) is 4.65. The lowest BCUT2D eigenvalue weighted by Gasteiger charge is -2.29. The van der Waals surface area contributed by atoms with Gasteiger partial charge in [0.1, 0.15) is 0 Å². The molecule has 0 saturated heterocycles. The van der Waals surface area contributed by atoms with Gasteiger partial charge in [0.15, 0.2) is 6.61 Å². The van der Waals surface area contributed by atoms with E-state index in [2.05, 4.69) is 15.8 Å². The highest BCUT2D eigenvalue weighted by Gasteiger charge is 2.29. The van der Waals surface area contributed by atoms with Crippen LogP contribution in [0, 0.1) is 6.92 Å². The van der Waals surface area contributed by atoms with Gasteiger partial charge in [-0.3, -0.25) is 4.79 Å².